The lowest BCUT2D eigenvalue weighted by Gasteiger charge is -2.09. The summed E-state index contributed by atoms with van der Waals surface area (Å²) in [5.74, 6) is -0.130. The van der Waals surface area contributed by atoms with Gasteiger partial charge in [0.2, 0.25) is 0 Å². The predicted octanol–water partition coefficient (Wildman–Crippen LogP) is 4.96. The van der Waals surface area contributed by atoms with E-state index in [4.69, 9.17) is 16.3 Å². The van der Waals surface area contributed by atoms with Crippen molar-refractivity contribution in [2.75, 3.05) is 12.4 Å². The zero-order valence-corrected chi connectivity index (χ0v) is 15.9. The van der Waals surface area contributed by atoms with Gasteiger partial charge in [-0.25, -0.2) is 4.79 Å². The van der Waals surface area contributed by atoms with Gasteiger partial charge in [-0.2, -0.15) is 0 Å². The van der Waals surface area contributed by atoms with Gasteiger partial charge in [-0.1, -0.05) is 29.8 Å². The summed E-state index contributed by atoms with van der Waals surface area (Å²) in [4.78, 5) is 23.9. The number of esters is 1. The Morgan fingerprint density at radius 2 is 1.68 bits per heavy atom. The van der Waals surface area contributed by atoms with Crippen LogP contribution in [0.1, 0.15) is 26.3 Å². The van der Waals surface area contributed by atoms with E-state index in [0.717, 1.165) is 5.56 Å². The first-order valence-electron chi connectivity index (χ1n) is 8.52. The molecule has 0 radical (unpaired) electrons. The third-order valence-electron chi connectivity index (χ3n) is 3.95. The van der Waals surface area contributed by atoms with Gasteiger partial charge in [0.05, 0.1) is 12.7 Å². The van der Waals surface area contributed by atoms with Crippen molar-refractivity contribution in [2.45, 2.75) is 6.61 Å². The van der Waals surface area contributed by atoms with Crippen molar-refractivity contribution >= 4 is 29.2 Å². The molecule has 0 aliphatic rings. The molecular formula is C22H18ClNO4. The van der Waals surface area contributed by atoms with E-state index in [-0.39, 0.29) is 5.91 Å². The highest BCUT2D eigenvalue weighted by atomic mass is 35.5. The number of amides is 1. The number of anilines is 1. The second-order valence-corrected chi connectivity index (χ2v) is 6.41. The van der Waals surface area contributed by atoms with Gasteiger partial charge in [0, 0.05) is 16.3 Å². The van der Waals surface area contributed by atoms with Gasteiger partial charge in [0.1, 0.15) is 12.4 Å². The number of ether oxygens (including phenoxy) is 2. The first-order chi connectivity index (χ1) is 13.5. The summed E-state index contributed by atoms with van der Waals surface area (Å²) < 4.78 is 10.4. The molecule has 0 spiro atoms. The Balaban J connectivity index is 1.64. The van der Waals surface area contributed by atoms with E-state index in [1.165, 1.54) is 7.11 Å². The quantitative estimate of drug-likeness (QED) is 0.599. The van der Waals surface area contributed by atoms with Gasteiger partial charge >= 0.3 is 5.97 Å². The zero-order valence-electron chi connectivity index (χ0n) is 15.1. The SMILES string of the molecule is COC(=O)c1ccc(NC(=O)c2cccc(OCc3cccc(Cl)c3)c2)cc1. The van der Waals surface area contributed by atoms with Crippen LogP contribution in [0.4, 0.5) is 5.69 Å². The average molecular weight is 396 g/mol. The van der Waals surface area contributed by atoms with E-state index in [0.29, 0.717) is 34.2 Å². The van der Waals surface area contributed by atoms with Gasteiger partial charge in [-0.15, -0.1) is 0 Å². The standard InChI is InChI=1S/C22H18ClNO4/c1-27-22(26)16-8-10-19(11-9-16)24-21(25)17-5-3-7-20(13-17)28-14-15-4-2-6-18(23)12-15/h2-13H,14H2,1H3,(H,24,25). The number of rotatable bonds is 6. The molecule has 28 heavy (non-hydrogen) atoms. The van der Waals surface area contributed by atoms with Gasteiger partial charge in [0.25, 0.3) is 5.91 Å². The molecule has 0 aliphatic heterocycles. The van der Waals surface area contributed by atoms with Crippen LogP contribution in [0.2, 0.25) is 5.02 Å². The molecule has 0 unspecified atom stereocenters. The van der Waals surface area contributed by atoms with Gasteiger partial charge in [-0.05, 0) is 60.2 Å². The molecule has 0 aromatic heterocycles. The van der Waals surface area contributed by atoms with Crippen molar-refractivity contribution < 1.29 is 19.1 Å². The van der Waals surface area contributed by atoms with Crippen molar-refractivity contribution in [3.8, 4) is 5.75 Å². The van der Waals surface area contributed by atoms with Gasteiger partial charge < -0.3 is 14.8 Å². The molecule has 0 saturated heterocycles. The number of hydrogen-bond acceptors (Lipinski definition) is 4. The van der Waals surface area contributed by atoms with Gasteiger partial charge in [0.15, 0.2) is 0 Å². The van der Waals surface area contributed by atoms with E-state index in [1.54, 1.807) is 54.6 Å². The third-order valence-corrected chi connectivity index (χ3v) is 4.19. The molecular weight excluding hydrogens is 378 g/mol. The first kappa shape index (κ1) is 19.5. The van der Waals surface area contributed by atoms with E-state index >= 15 is 0 Å². The second kappa shape index (κ2) is 9.06. The molecule has 0 fully saturated rings. The van der Waals surface area contributed by atoms with Crippen LogP contribution in [-0.4, -0.2) is 19.0 Å². The summed E-state index contributed by atoms with van der Waals surface area (Å²) in [6, 6.07) is 20.8. The highest BCUT2D eigenvalue weighted by Crippen LogP contribution is 2.18. The fourth-order valence-corrected chi connectivity index (χ4v) is 2.74. The fourth-order valence-electron chi connectivity index (χ4n) is 2.53. The summed E-state index contributed by atoms with van der Waals surface area (Å²) in [5.41, 5.74) is 2.38. The Morgan fingerprint density at radius 3 is 2.39 bits per heavy atom. The molecule has 1 amide bonds. The molecule has 142 valence electrons. The predicted molar refractivity (Wildman–Crippen MR) is 108 cm³/mol. The van der Waals surface area contributed by atoms with Crippen LogP contribution in [0.5, 0.6) is 5.75 Å². The van der Waals surface area contributed by atoms with E-state index in [1.807, 2.05) is 18.2 Å². The van der Waals surface area contributed by atoms with E-state index in [2.05, 4.69) is 10.1 Å². The van der Waals surface area contributed by atoms with Crippen LogP contribution in [0, 0.1) is 0 Å². The molecule has 0 atom stereocenters. The number of nitrogens with one attached hydrogen (secondary N) is 1. The number of methoxy groups -OCH3 is 1. The van der Waals surface area contributed by atoms with Crippen LogP contribution < -0.4 is 10.1 Å². The molecule has 3 aromatic carbocycles. The number of benzene rings is 3. The van der Waals surface area contributed by atoms with Crippen LogP contribution in [0.3, 0.4) is 0 Å². The van der Waals surface area contributed by atoms with Crippen LogP contribution in [-0.2, 0) is 11.3 Å². The number of halogens is 1. The maximum Gasteiger partial charge on any atom is 0.337 e. The molecule has 3 aromatic rings. The third kappa shape index (κ3) is 5.11. The number of hydrogen-bond donors (Lipinski definition) is 1. The lowest BCUT2D eigenvalue weighted by molar-refractivity contribution is 0.0600. The highest BCUT2D eigenvalue weighted by molar-refractivity contribution is 6.30. The Labute approximate surface area is 167 Å². The topological polar surface area (TPSA) is 64.6 Å². The maximum atomic E-state index is 12.5. The maximum absolute atomic E-state index is 12.5. The summed E-state index contributed by atoms with van der Waals surface area (Å²) >= 11 is 5.97. The van der Waals surface area contributed by atoms with Crippen LogP contribution >= 0.6 is 11.6 Å². The molecule has 0 bridgehead atoms. The van der Waals surface area contributed by atoms with Crippen molar-refractivity contribution in [2.24, 2.45) is 0 Å². The lowest BCUT2D eigenvalue weighted by Crippen LogP contribution is -2.12. The molecule has 0 saturated carbocycles. The van der Waals surface area contributed by atoms with Crippen molar-refractivity contribution in [3.63, 3.8) is 0 Å². The van der Waals surface area contributed by atoms with Crippen molar-refractivity contribution in [3.05, 3.63) is 94.5 Å². The van der Waals surface area contributed by atoms with Gasteiger partial charge in [-0.3, -0.25) is 4.79 Å². The Hall–Kier alpha value is -3.31. The van der Waals surface area contributed by atoms with E-state index in [9.17, 15) is 9.59 Å². The number of carbonyl (C=O) groups excluding carboxylic acids is 2. The summed E-state index contributed by atoms with van der Waals surface area (Å²) in [6.45, 7) is 0.348. The Kier molecular flexibility index (Phi) is 6.29. The van der Waals surface area contributed by atoms with Crippen LogP contribution in [0.15, 0.2) is 72.8 Å². The summed E-state index contributed by atoms with van der Waals surface area (Å²) in [7, 11) is 1.32. The second-order valence-electron chi connectivity index (χ2n) is 5.97. The lowest BCUT2D eigenvalue weighted by atomic mass is 10.1. The fraction of sp³-hybridized carbons (Fsp3) is 0.0909. The molecule has 0 aliphatic carbocycles. The first-order valence-corrected chi connectivity index (χ1v) is 8.90. The minimum Gasteiger partial charge on any atom is -0.489 e. The van der Waals surface area contributed by atoms with Crippen LogP contribution in [0.25, 0.3) is 0 Å². The van der Waals surface area contributed by atoms with E-state index < -0.39 is 5.97 Å². The average Bonchev–Trinajstić information content (AvgIpc) is 2.72. The molecule has 0 heterocycles. The highest BCUT2D eigenvalue weighted by Gasteiger charge is 2.09. The zero-order chi connectivity index (χ0) is 19.9. The van der Waals surface area contributed by atoms with Crippen molar-refractivity contribution in [1.82, 2.24) is 0 Å². The Bertz CT molecular complexity index is 986. The largest absolute Gasteiger partial charge is 0.489 e. The molecule has 5 nitrogen and oxygen atoms in total. The monoisotopic (exact) mass is 395 g/mol. The molecule has 6 heteroatoms. The molecule has 3 rings (SSSR count). The minimum absolute atomic E-state index is 0.279. The minimum atomic E-state index is -0.428. The molecule has 1 N–H and O–H groups in total. The smallest absolute Gasteiger partial charge is 0.337 e. The summed E-state index contributed by atoms with van der Waals surface area (Å²) in [5, 5.41) is 3.43. The normalized spacial score (nSPS) is 10.2. The van der Waals surface area contributed by atoms with Crippen molar-refractivity contribution in [1.29, 1.82) is 0 Å². The number of carbonyl (C=O) groups is 2. The summed E-state index contributed by atoms with van der Waals surface area (Å²) in [6.07, 6.45) is 0. The Morgan fingerprint density at radius 1 is 0.929 bits per heavy atom.